The van der Waals surface area contributed by atoms with Gasteiger partial charge in [-0.2, -0.15) is 0 Å². The molecule has 0 radical (unpaired) electrons. The number of nitrogens with zero attached hydrogens (tertiary/aromatic N) is 1. The van der Waals surface area contributed by atoms with Gasteiger partial charge in [-0.25, -0.2) is 0 Å². The number of benzene rings is 1. The van der Waals surface area contributed by atoms with Crippen molar-refractivity contribution >= 4 is 29.9 Å². The van der Waals surface area contributed by atoms with Crippen LogP contribution in [0, 0.1) is 0 Å². The number of piperazine rings is 1. The van der Waals surface area contributed by atoms with Crippen LogP contribution in [0.2, 0.25) is 5.02 Å². The van der Waals surface area contributed by atoms with E-state index in [1.165, 1.54) is 0 Å². The summed E-state index contributed by atoms with van der Waals surface area (Å²) in [6.07, 6.45) is 1.26. The molecule has 2 aliphatic rings. The molecule has 25 heavy (non-hydrogen) atoms. The van der Waals surface area contributed by atoms with Crippen molar-refractivity contribution in [1.82, 2.24) is 15.5 Å². The molecule has 6 nitrogen and oxygen atoms in total. The molecule has 0 aliphatic carbocycles. The highest BCUT2D eigenvalue weighted by Crippen LogP contribution is 2.38. The predicted molar refractivity (Wildman–Crippen MR) is 100 cm³/mol. The van der Waals surface area contributed by atoms with E-state index in [0.717, 1.165) is 44.7 Å². The molecule has 2 heterocycles. The van der Waals surface area contributed by atoms with E-state index in [0.29, 0.717) is 42.7 Å². The zero-order valence-electron chi connectivity index (χ0n) is 14.2. The third-order valence-corrected chi connectivity index (χ3v) is 4.48. The van der Waals surface area contributed by atoms with Gasteiger partial charge in [0.2, 0.25) is 5.91 Å². The Labute approximate surface area is 159 Å². The zero-order valence-corrected chi connectivity index (χ0v) is 15.8. The van der Waals surface area contributed by atoms with Crippen molar-refractivity contribution < 1.29 is 14.3 Å². The fourth-order valence-electron chi connectivity index (χ4n) is 2.98. The maximum Gasteiger partial charge on any atom is 0.224 e. The van der Waals surface area contributed by atoms with Crippen LogP contribution in [0.15, 0.2) is 12.1 Å². The number of fused-ring (bicyclic) bond motifs is 1. The lowest BCUT2D eigenvalue weighted by molar-refractivity contribution is -0.120. The molecule has 1 aromatic carbocycles. The predicted octanol–water partition coefficient (Wildman–Crippen LogP) is 1.49. The molecule has 0 saturated carbocycles. The number of ether oxygens (including phenoxy) is 2. The highest BCUT2D eigenvalue weighted by molar-refractivity contribution is 6.32. The average molecular weight is 390 g/mol. The van der Waals surface area contributed by atoms with Crippen LogP contribution in [0.25, 0.3) is 0 Å². The SMILES string of the molecule is Cl.O=C(Cc1cc(Cl)c2c(c1)OCCO2)NCCCN1CCNCC1. The molecule has 8 heteroatoms. The van der Waals surface area contributed by atoms with Gasteiger partial charge in [0.05, 0.1) is 11.4 Å². The first-order valence-electron chi connectivity index (χ1n) is 8.50. The van der Waals surface area contributed by atoms with Crippen LogP contribution in [-0.2, 0) is 11.2 Å². The molecule has 2 aliphatic heterocycles. The van der Waals surface area contributed by atoms with E-state index in [1.807, 2.05) is 6.07 Å². The molecule has 0 aromatic heterocycles. The lowest BCUT2D eigenvalue weighted by atomic mass is 10.1. The first-order chi connectivity index (χ1) is 11.7. The van der Waals surface area contributed by atoms with E-state index in [2.05, 4.69) is 15.5 Å². The van der Waals surface area contributed by atoms with Crippen LogP contribution >= 0.6 is 24.0 Å². The quantitative estimate of drug-likeness (QED) is 0.721. The van der Waals surface area contributed by atoms with E-state index < -0.39 is 0 Å². The molecule has 140 valence electrons. The molecule has 0 atom stereocenters. The minimum absolute atomic E-state index is 0. The Kier molecular flexibility index (Phi) is 8.09. The summed E-state index contributed by atoms with van der Waals surface area (Å²) in [5.74, 6) is 1.20. The normalized spacial score (nSPS) is 16.8. The number of amides is 1. The highest BCUT2D eigenvalue weighted by atomic mass is 35.5. The highest BCUT2D eigenvalue weighted by Gasteiger charge is 2.17. The average Bonchev–Trinajstić information content (AvgIpc) is 2.60. The van der Waals surface area contributed by atoms with Gasteiger partial charge >= 0.3 is 0 Å². The Morgan fingerprint density at radius 3 is 2.80 bits per heavy atom. The van der Waals surface area contributed by atoms with Gasteiger partial charge < -0.3 is 25.0 Å². The van der Waals surface area contributed by atoms with E-state index in [-0.39, 0.29) is 18.3 Å². The van der Waals surface area contributed by atoms with Gasteiger partial charge in [-0.1, -0.05) is 11.6 Å². The smallest absolute Gasteiger partial charge is 0.224 e. The van der Waals surface area contributed by atoms with Crippen molar-refractivity contribution in [3.05, 3.63) is 22.7 Å². The summed E-state index contributed by atoms with van der Waals surface area (Å²) in [4.78, 5) is 14.5. The summed E-state index contributed by atoms with van der Waals surface area (Å²) in [5.41, 5.74) is 0.837. The first-order valence-corrected chi connectivity index (χ1v) is 8.88. The molecule has 1 amide bonds. The van der Waals surface area contributed by atoms with Gasteiger partial charge in [0, 0.05) is 32.7 Å². The second-order valence-corrected chi connectivity index (χ2v) is 6.48. The molecule has 2 N–H and O–H groups in total. The second kappa shape index (κ2) is 10.1. The third-order valence-electron chi connectivity index (χ3n) is 4.20. The maximum atomic E-state index is 12.1. The summed E-state index contributed by atoms with van der Waals surface area (Å²) in [6.45, 7) is 7.01. The van der Waals surface area contributed by atoms with Crippen molar-refractivity contribution in [2.75, 3.05) is 52.5 Å². The van der Waals surface area contributed by atoms with Crippen molar-refractivity contribution in [3.63, 3.8) is 0 Å². The van der Waals surface area contributed by atoms with Gasteiger partial charge in [-0.3, -0.25) is 4.79 Å². The second-order valence-electron chi connectivity index (χ2n) is 6.07. The Balaban J connectivity index is 0.00000225. The minimum atomic E-state index is 0. The maximum absolute atomic E-state index is 12.1. The summed E-state index contributed by atoms with van der Waals surface area (Å²) in [5, 5.41) is 6.80. The molecular formula is C17H25Cl2N3O3. The first kappa shape index (κ1) is 20.1. The number of hydrogen-bond acceptors (Lipinski definition) is 5. The van der Waals surface area contributed by atoms with Crippen LogP contribution in [0.1, 0.15) is 12.0 Å². The lowest BCUT2D eigenvalue weighted by Gasteiger charge is -2.27. The fourth-order valence-corrected chi connectivity index (χ4v) is 3.27. The summed E-state index contributed by atoms with van der Waals surface area (Å²) >= 11 is 6.20. The number of hydrogen-bond donors (Lipinski definition) is 2. The number of halogens is 2. The molecule has 0 spiro atoms. The van der Waals surface area contributed by atoms with Crippen LogP contribution in [0.4, 0.5) is 0 Å². The van der Waals surface area contributed by atoms with Crippen LogP contribution in [0.3, 0.4) is 0 Å². The van der Waals surface area contributed by atoms with Crippen LogP contribution in [-0.4, -0.2) is 63.3 Å². The van der Waals surface area contributed by atoms with E-state index in [4.69, 9.17) is 21.1 Å². The Morgan fingerprint density at radius 2 is 2.00 bits per heavy atom. The molecule has 0 bridgehead atoms. The van der Waals surface area contributed by atoms with Gasteiger partial charge in [-0.15, -0.1) is 12.4 Å². The third kappa shape index (κ3) is 5.92. The monoisotopic (exact) mass is 389 g/mol. The van der Waals surface area contributed by atoms with Crippen LogP contribution < -0.4 is 20.1 Å². The van der Waals surface area contributed by atoms with E-state index >= 15 is 0 Å². The van der Waals surface area contributed by atoms with Crippen molar-refractivity contribution in [2.24, 2.45) is 0 Å². The summed E-state index contributed by atoms with van der Waals surface area (Å²) in [7, 11) is 0. The topological polar surface area (TPSA) is 62.8 Å². The number of nitrogens with one attached hydrogen (secondary N) is 2. The standard InChI is InChI=1S/C17H24ClN3O3.ClH/c18-14-10-13(11-15-17(14)24-9-8-23-15)12-16(22)20-2-1-5-21-6-3-19-4-7-21;/h10-11,19H,1-9,12H2,(H,20,22);1H. The Hall–Kier alpha value is -1.21. The van der Waals surface area contributed by atoms with Crippen molar-refractivity contribution in [1.29, 1.82) is 0 Å². The van der Waals surface area contributed by atoms with Crippen LogP contribution in [0.5, 0.6) is 11.5 Å². The molecule has 1 fully saturated rings. The number of rotatable bonds is 6. The van der Waals surface area contributed by atoms with Gasteiger partial charge in [0.15, 0.2) is 11.5 Å². The Morgan fingerprint density at radius 1 is 1.24 bits per heavy atom. The number of carbonyl (C=O) groups excluding carboxylic acids is 1. The van der Waals surface area contributed by atoms with Crippen molar-refractivity contribution in [3.8, 4) is 11.5 Å². The van der Waals surface area contributed by atoms with E-state index in [1.54, 1.807) is 6.07 Å². The molecule has 1 aromatic rings. The van der Waals surface area contributed by atoms with E-state index in [9.17, 15) is 4.79 Å². The van der Waals surface area contributed by atoms with Crippen molar-refractivity contribution in [2.45, 2.75) is 12.8 Å². The number of carbonyl (C=O) groups is 1. The summed E-state index contributed by atoms with van der Waals surface area (Å²) < 4.78 is 11.0. The van der Waals surface area contributed by atoms with Gasteiger partial charge in [-0.05, 0) is 30.7 Å². The Bertz CT molecular complexity index is 581. The van der Waals surface area contributed by atoms with Gasteiger partial charge in [0.25, 0.3) is 0 Å². The van der Waals surface area contributed by atoms with Gasteiger partial charge in [0.1, 0.15) is 13.2 Å². The largest absolute Gasteiger partial charge is 0.486 e. The molecular weight excluding hydrogens is 365 g/mol. The lowest BCUT2D eigenvalue weighted by Crippen LogP contribution is -2.44. The zero-order chi connectivity index (χ0) is 16.8. The molecule has 1 saturated heterocycles. The fraction of sp³-hybridized carbons (Fsp3) is 0.588. The summed E-state index contributed by atoms with van der Waals surface area (Å²) in [6, 6.07) is 3.61. The minimum Gasteiger partial charge on any atom is -0.486 e. The molecule has 0 unspecified atom stereocenters. The molecule has 3 rings (SSSR count).